The van der Waals surface area contributed by atoms with Gasteiger partial charge in [-0.15, -0.1) is 0 Å². The van der Waals surface area contributed by atoms with Crippen LogP contribution in [0.5, 0.6) is 0 Å². The van der Waals surface area contributed by atoms with Gasteiger partial charge in [-0.3, -0.25) is 4.79 Å². The van der Waals surface area contributed by atoms with Crippen LogP contribution >= 0.6 is 0 Å². The third-order valence-corrected chi connectivity index (χ3v) is 5.43. The van der Waals surface area contributed by atoms with Crippen molar-refractivity contribution in [2.75, 3.05) is 13.2 Å². The molecule has 1 fully saturated rings. The van der Waals surface area contributed by atoms with Gasteiger partial charge in [0, 0.05) is 12.6 Å². The van der Waals surface area contributed by atoms with Crippen molar-refractivity contribution in [2.45, 2.75) is 37.1 Å². The predicted molar refractivity (Wildman–Crippen MR) is 74.5 cm³/mol. The molecule has 22 heavy (non-hydrogen) atoms. The van der Waals surface area contributed by atoms with Crippen LogP contribution in [0.4, 0.5) is 8.78 Å². The van der Waals surface area contributed by atoms with Gasteiger partial charge in [0.1, 0.15) is 22.6 Å². The number of benzene rings is 1. The Balaban J connectivity index is 2.38. The van der Waals surface area contributed by atoms with E-state index in [0.717, 1.165) is 16.4 Å². The molecule has 0 radical (unpaired) electrons. The first-order valence-corrected chi connectivity index (χ1v) is 8.45. The molecule has 122 valence electrons. The molecule has 0 spiro atoms. The molecule has 1 atom stereocenters. The molecule has 0 saturated carbocycles. The maximum Gasteiger partial charge on any atom is 0.324 e. The van der Waals surface area contributed by atoms with Crippen molar-refractivity contribution < 1.29 is 26.7 Å². The highest BCUT2D eigenvalue weighted by Gasteiger charge is 2.39. The largest absolute Gasteiger partial charge is 0.465 e. The molecule has 1 aliphatic heterocycles. The molecular formula is C14H17F2NO4S. The molecule has 1 saturated heterocycles. The Labute approximate surface area is 127 Å². The zero-order valence-electron chi connectivity index (χ0n) is 12.1. The van der Waals surface area contributed by atoms with Crippen molar-refractivity contribution >= 4 is 16.0 Å². The zero-order valence-corrected chi connectivity index (χ0v) is 12.9. The van der Waals surface area contributed by atoms with Gasteiger partial charge in [0.15, 0.2) is 0 Å². The summed E-state index contributed by atoms with van der Waals surface area (Å²) in [6.07, 6.45) is 1.57. The van der Waals surface area contributed by atoms with Crippen LogP contribution in [0.3, 0.4) is 0 Å². The molecule has 1 aromatic rings. The summed E-state index contributed by atoms with van der Waals surface area (Å²) in [6, 6.07) is 1.29. The van der Waals surface area contributed by atoms with Crippen LogP contribution in [-0.2, 0) is 19.6 Å². The minimum absolute atomic E-state index is 0.0998. The lowest BCUT2D eigenvalue weighted by Gasteiger charge is -2.32. The third kappa shape index (κ3) is 3.27. The van der Waals surface area contributed by atoms with Crippen LogP contribution in [0.25, 0.3) is 0 Å². The average Bonchev–Trinajstić information content (AvgIpc) is 2.47. The SMILES string of the molecule is CCOC(=O)C1CCCCN1S(=O)(=O)c1ccc(F)cc1F. The van der Waals surface area contributed by atoms with E-state index in [1.54, 1.807) is 6.92 Å². The number of piperidine rings is 1. The average molecular weight is 333 g/mol. The second-order valence-corrected chi connectivity index (χ2v) is 6.81. The molecule has 2 rings (SSSR count). The number of nitrogens with zero attached hydrogens (tertiary/aromatic N) is 1. The van der Waals surface area contributed by atoms with E-state index in [2.05, 4.69) is 0 Å². The van der Waals surface area contributed by atoms with Gasteiger partial charge < -0.3 is 4.74 Å². The van der Waals surface area contributed by atoms with Gasteiger partial charge in [0.05, 0.1) is 6.61 Å². The van der Waals surface area contributed by atoms with Crippen molar-refractivity contribution in [2.24, 2.45) is 0 Å². The number of hydrogen-bond acceptors (Lipinski definition) is 4. The van der Waals surface area contributed by atoms with Crippen LogP contribution in [-0.4, -0.2) is 37.9 Å². The highest BCUT2D eigenvalue weighted by atomic mass is 32.2. The highest BCUT2D eigenvalue weighted by Crippen LogP contribution is 2.27. The molecule has 0 bridgehead atoms. The maximum atomic E-state index is 13.8. The van der Waals surface area contributed by atoms with Gasteiger partial charge in [0.25, 0.3) is 0 Å². The van der Waals surface area contributed by atoms with Crippen molar-refractivity contribution in [1.29, 1.82) is 0 Å². The number of ether oxygens (including phenoxy) is 1. The lowest BCUT2D eigenvalue weighted by molar-refractivity contribution is -0.148. The molecule has 0 N–H and O–H groups in total. The monoisotopic (exact) mass is 333 g/mol. The van der Waals surface area contributed by atoms with Gasteiger partial charge in [-0.2, -0.15) is 4.31 Å². The number of sulfonamides is 1. The maximum absolute atomic E-state index is 13.8. The van der Waals surface area contributed by atoms with Crippen molar-refractivity contribution in [3.05, 3.63) is 29.8 Å². The Morgan fingerprint density at radius 2 is 2.09 bits per heavy atom. The summed E-state index contributed by atoms with van der Waals surface area (Å²) >= 11 is 0. The van der Waals surface area contributed by atoms with Gasteiger partial charge >= 0.3 is 5.97 Å². The summed E-state index contributed by atoms with van der Waals surface area (Å²) in [5, 5.41) is 0. The van der Waals surface area contributed by atoms with E-state index in [0.29, 0.717) is 25.3 Å². The summed E-state index contributed by atoms with van der Waals surface area (Å²) in [7, 11) is -4.23. The predicted octanol–water partition coefficient (Wildman–Crippen LogP) is 2.07. The van der Waals surface area contributed by atoms with Crippen molar-refractivity contribution in [1.82, 2.24) is 4.31 Å². The second-order valence-electron chi connectivity index (χ2n) is 4.95. The van der Waals surface area contributed by atoms with Crippen LogP contribution in [0, 0.1) is 11.6 Å². The summed E-state index contributed by atoms with van der Waals surface area (Å²) in [4.78, 5) is 11.3. The molecule has 1 aliphatic rings. The Bertz CT molecular complexity index is 663. The second kappa shape index (κ2) is 6.70. The molecule has 1 heterocycles. The number of rotatable bonds is 4. The lowest BCUT2D eigenvalue weighted by Crippen LogP contribution is -2.48. The van der Waals surface area contributed by atoms with Gasteiger partial charge in [0.2, 0.25) is 10.0 Å². The zero-order chi connectivity index (χ0) is 16.3. The van der Waals surface area contributed by atoms with E-state index in [1.165, 1.54) is 0 Å². The fourth-order valence-electron chi connectivity index (χ4n) is 2.48. The molecule has 8 heteroatoms. The third-order valence-electron chi connectivity index (χ3n) is 3.49. The summed E-state index contributed by atoms with van der Waals surface area (Å²) in [5.41, 5.74) is 0. The van der Waals surface area contributed by atoms with Crippen LogP contribution in [0.1, 0.15) is 26.2 Å². The topological polar surface area (TPSA) is 63.7 Å². The summed E-state index contributed by atoms with van der Waals surface area (Å²) in [6.45, 7) is 1.86. The van der Waals surface area contributed by atoms with Crippen LogP contribution in [0.15, 0.2) is 23.1 Å². The number of carbonyl (C=O) groups excluding carboxylic acids is 1. The molecule has 5 nitrogen and oxygen atoms in total. The molecule has 0 amide bonds. The molecule has 1 unspecified atom stereocenters. The van der Waals surface area contributed by atoms with Gasteiger partial charge in [-0.05, 0) is 38.3 Å². The normalized spacial score (nSPS) is 19.9. The standard InChI is InChI=1S/C14H17F2NO4S/c1-2-21-14(18)12-5-3-4-8-17(12)22(19,20)13-7-6-10(15)9-11(13)16/h6-7,9,12H,2-5,8H2,1H3. The lowest BCUT2D eigenvalue weighted by atomic mass is 10.1. The smallest absolute Gasteiger partial charge is 0.324 e. The fourth-order valence-corrected chi connectivity index (χ4v) is 4.17. The van der Waals surface area contributed by atoms with Gasteiger partial charge in [-0.1, -0.05) is 0 Å². The fraction of sp³-hybridized carbons (Fsp3) is 0.500. The molecule has 0 aromatic heterocycles. The van der Waals surface area contributed by atoms with E-state index in [-0.39, 0.29) is 13.2 Å². The van der Waals surface area contributed by atoms with E-state index in [9.17, 15) is 22.0 Å². The number of carbonyl (C=O) groups is 1. The van der Waals surface area contributed by atoms with Crippen molar-refractivity contribution in [3.8, 4) is 0 Å². The molecule has 0 aliphatic carbocycles. The van der Waals surface area contributed by atoms with E-state index in [4.69, 9.17) is 4.74 Å². The Morgan fingerprint density at radius 1 is 1.36 bits per heavy atom. The Hall–Kier alpha value is -1.54. The van der Waals surface area contributed by atoms with E-state index in [1.807, 2.05) is 0 Å². The first-order valence-electron chi connectivity index (χ1n) is 7.01. The summed E-state index contributed by atoms with van der Waals surface area (Å²) in [5.74, 6) is -2.68. The number of halogens is 2. The highest BCUT2D eigenvalue weighted by molar-refractivity contribution is 7.89. The van der Waals surface area contributed by atoms with Crippen molar-refractivity contribution in [3.63, 3.8) is 0 Å². The van der Waals surface area contributed by atoms with Crippen LogP contribution < -0.4 is 0 Å². The molecule has 1 aromatic carbocycles. The van der Waals surface area contributed by atoms with E-state index >= 15 is 0 Å². The van der Waals surface area contributed by atoms with Crippen LogP contribution in [0.2, 0.25) is 0 Å². The first-order chi connectivity index (χ1) is 10.4. The Morgan fingerprint density at radius 3 is 2.73 bits per heavy atom. The van der Waals surface area contributed by atoms with E-state index < -0.39 is 38.6 Å². The van der Waals surface area contributed by atoms with Gasteiger partial charge in [-0.25, -0.2) is 17.2 Å². The Kier molecular flexibility index (Phi) is 5.12. The number of hydrogen-bond donors (Lipinski definition) is 0. The summed E-state index contributed by atoms with van der Waals surface area (Å²) < 4.78 is 57.8. The quantitative estimate of drug-likeness (QED) is 0.792. The number of esters is 1. The minimum Gasteiger partial charge on any atom is -0.465 e. The minimum atomic E-state index is -4.23. The first kappa shape index (κ1) is 16.8. The molecular weight excluding hydrogens is 316 g/mol.